The zero-order chi connectivity index (χ0) is 13.5. The van der Waals surface area contributed by atoms with E-state index < -0.39 is 0 Å². The van der Waals surface area contributed by atoms with Crippen LogP contribution in [0.4, 0.5) is 0 Å². The molecule has 1 aromatic carbocycles. The molecule has 1 rings (SSSR count). The van der Waals surface area contributed by atoms with Gasteiger partial charge in [0.2, 0.25) is 0 Å². The average Bonchev–Trinajstić information content (AvgIpc) is 2.34. The molecule has 0 radical (unpaired) electrons. The Morgan fingerprint density at radius 2 is 2.06 bits per heavy atom. The van der Waals surface area contributed by atoms with Crippen molar-refractivity contribution in [2.45, 2.75) is 4.90 Å². The Morgan fingerprint density at radius 1 is 1.44 bits per heavy atom. The first-order valence-corrected chi connectivity index (χ1v) is 6.59. The summed E-state index contributed by atoms with van der Waals surface area (Å²) in [6.07, 6.45) is 1.53. The van der Waals surface area contributed by atoms with Crippen LogP contribution in [0.15, 0.2) is 40.9 Å². The van der Waals surface area contributed by atoms with Gasteiger partial charge in [-0.3, -0.25) is 4.79 Å². The van der Waals surface area contributed by atoms with E-state index in [4.69, 9.17) is 16.9 Å². The van der Waals surface area contributed by atoms with Crippen LogP contribution >= 0.6 is 23.4 Å². The second kappa shape index (κ2) is 7.10. The van der Waals surface area contributed by atoms with E-state index in [1.54, 1.807) is 31.1 Å². The Hall–Kier alpha value is -1.44. The van der Waals surface area contributed by atoms with Crippen molar-refractivity contribution < 1.29 is 4.79 Å². The van der Waals surface area contributed by atoms with Crippen LogP contribution in [0.5, 0.6) is 0 Å². The molecule has 0 amide bonds. The molecule has 5 heteroatoms. The van der Waals surface area contributed by atoms with E-state index >= 15 is 0 Å². The average molecular weight is 281 g/mol. The van der Waals surface area contributed by atoms with E-state index in [1.165, 1.54) is 18.0 Å². The predicted octanol–water partition coefficient (Wildman–Crippen LogP) is 2.97. The van der Waals surface area contributed by atoms with Crippen molar-refractivity contribution in [3.63, 3.8) is 0 Å². The third kappa shape index (κ3) is 4.82. The molecule has 0 aliphatic rings. The second-order valence-corrected chi connectivity index (χ2v) is 5.27. The monoisotopic (exact) mass is 280 g/mol. The first kappa shape index (κ1) is 14.6. The maximum absolute atomic E-state index is 11.8. The number of nitriles is 1. The first-order valence-electron chi connectivity index (χ1n) is 5.23. The highest BCUT2D eigenvalue weighted by molar-refractivity contribution is 8.00. The topological polar surface area (TPSA) is 44.1 Å². The first-order chi connectivity index (χ1) is 8.52. The van der Waals surface area contributed by atoms with Crippen LogP contribution in [0.2, 0.25) is 5.02 Å². The number of ketones is 1. The lowest BCUT2D eigenvalue weighted by molar-refractivity contribution is -0.112. The van der Waals surface area contributed by atoms with Crippen molar-refractivity contribution >= 4 is 29.1 Å². The van der Waals surface area contributed by atoms with E-state index in [1.807, 2.05) is 18.2 Å². The summed E-state index contributed by atoms with van der Waals surface area (Å²) >= 11 is 7.16. The number of halogens is 1. The molecule has 0 spiro atoms. The standard InChI is InChI=1S/C13H13ClN2OS/c1-16(2)8-10(7-15)13(17)9-18-12-5-3-11(14)4-6-12/h3-6,8H,9H2,1-2H3/b10-8+. The van der Waals surface area contributed by atoms with Gasteiger partial charge in [-0.1, -0.05) is 11.6 Å². The number of hydrogen-bond acceptors (Lipinski definition) is 4. The van der Waals surface area contributed by atoms with Crippen molar-refractivity contribution in [3.8, 4) is 6.07 Å². The number of Topliss-reactive ketones (excluding diaryl/α,β-unsaturated/α-hetero) is 1. The summed E-state index contributed by atoms with van der Waals surface area (Å²) < 4.78 is 0. The van der Waals surface area contributed by atoms with Crippen LogP contribution in [0, 0.1) is 11.3 Å². The van der Waals surface area contributed by atoms with Crippen LogP contribution in [0.1, 0.15) is 0 Å². The van der Waals surface area contributed by atoms with E-state index in [2.05, 4.69) is 0 Å². The molecule has 1 aromatic rings. The molecule has 94 valence electrons. The maximum Gasteiger partial charge on any atom is 0.185 e. The Bertz CT molecular complexity index is 489. The number of nitrogens with zero attached hydrogens (tertiary/aromatic N) is 2. The van der Waals surface area contributed by atoms with Gasteiger partial charge in [-0.25, -0.2) is 0 Å². The predicted molar refractivity (Wildman–Crippen MR) is 74.6 cm³/mol. The SMILES string of the molecule is CN(C)/C=C(\C#N)C(=O)CSc1ccc(Cl)cc1. The summed E-state index contributed by atoms with van der Waals surface area (Å²) in [6, 6.07) is 9.16. The Labute approximate surface area is 116 Å². The van der Waals surface area contributed by atoms with E-state index in [9.17, 15) is 4.79 Å². The van der Waals surface area contributed by atoms with Gasteiger partial charge in [0.05, 0.1) is 5.75 Å². The second-order valence-electron chi connectivity index (χ2n) is 3.78. The lowest BCUT2D eigenvalue weighted by Gasteiger charge is -2.06. The summed E-state index contributed by atoms with van der Waals surface area (Å²) in [7, 11) is 3.55. The molecule has 0 atom stereocenters. The van der Waals surface area contributed by atoms with Crippen molar-refractivity contribution in [2.75, 3.05) is 19.8 Å². The Morgan fingerprint density at radius 3 is 2.56 bits per heavy atom. The minimum atomic E-state index is -0.175. The highest BCUT2D eigenvalue weighted by Crippen LogP contribution is 2.21. The number of hydrogen-bond donors (Lipinski definition) is 0. The van der Waals surface area contributed by atoms with Gasteiger partial charge in [0, 0.05) is 30.2 Å². The molecule has 0 aliphatic heterocycles. The number of rotatable bonds is 5. The third-order valence-corrected chi connectivity index (χ3v) is 3.26. The zero-order valence-electron chi connectivity index (χ0n) is 10.2. The molecule has 0 unspecified atom stereocenters. The van der Waals surface area contributed by atoms with Crippen molar-refractivity contribution in [1.82, 2.24) is 4.90 Å². The van der Waals surface area contributed by atoms with E-state index in [0.29, 0.717) is 5.02 Å². The molecule has 0 aromatic heterocycles. The molecule has 0 fully saturated rings. The van der Waals surface area contributed by atoms with Gasteiger partial charge in [-0.15, -0.1) is 11.8 Å². The van der Waals surface area contributed by atoms with Gasteiger partial charge in [0.1, 0.15) is 11.6 Å². The van der Waals surface area contributed by atoms with E-state index in [-0.39, 0.29) is 17.1 Å². The fourth-order valence-corrected chi connectivity index (χ4v) is 2.09. The molecular weight excluding hydrogens is 268 g/mol. The summed E-state index contributed by atoms with van der Waals surface area (Å²) in [5.74, 6) is 0.0700. The molecule has 0 saturated heterocycles. The Kier molecular flexibility index (Phi) is 5.76. The normalized spacial score (nSPS) is 10.9. The highest BCUT2D eigenvalue weighted by Gasteiger charge is 2.10. The fraction of sp³-hybridized carbons (Fsp3) is 0.231. The summed E-state index contributed by atoms with van der Waals surface area (Å²) in [5.41, 5.74) is 0.168. The maximum atomic E-state index is 11.8. The highest BCUT2D eigenvalue weighted by atomic mass is 35.5. The van der Waals surface area contributed by atoms with Gasteiger partial charge in [0.15, 0.2) is 5.78 Å². The smallest absolute Gasteiger partial charge is 0.185 e. The van der Waals surface area contributed by atoms with Crippen LogP contribution in [-0.4, -0.2) is 30.5 Å². The van der Waals surface area contributed by atoms with Gasteiger partial charge in [-0.05, 0) is 24.3 Å². The quantitative estimate of drug-likeness (QED) is 0.472. The molecule has 3 nitrogen and oxygen atoms in total. The number of benzene rings is 1. The van der Waals surface area contributed by atoms with Crippen molar-refractivity contribution in [3.05, 3.63) is 41.1 Å². The number of thioether (sulfide) groups is 1. The zero-order valence-corrected chi connectivity index (χ0v) is 11.8. The number of carbonyl (C=O) groups is 1. The Balaban J connectivity index is 2.61. The minimum absolute atomic E-state index is 0.168. The summed E-state index contributed by atoms with van der Waals surface area (Å²) in [4.78, 5) is 14.4. The molecule has 0 N–H and O–H groups in total. The van der Waals surface area contributed by atoms with Gasteiger partial charge < -0.3 is 4.90 Å². The largest absolute Gasteiger partial charge is 0.382 e. The number of carbonyl (C=O) groups excluding carboxylic acids is 1. The lowest BCUT2D eigenvalue weighted by Crippen LogP contribution is -2.10. The molecule has 0 heterocycles. The molecule has 0 bridgehead atoms. The van der Waals surface area contributed by atoms with Gasteiger partial charge in [-0.2, -0.15) is 5.26 Å². The van der Waals surface area contributed by atoms with Gasteiger partial charge >= 0.3 is 0 Å². The summed E-state index contributed by atoms with van der Waals surface area (Å²) in [6.45, 7) is 0. The number of allylic oxidation sites excluding steroid dienone is 1. The van der Waals surface area contributed by atoms with Crippen LogP contribution < -0.4 is 0 Å². The minimum Gasteiger partial charge on any atom is -0.382 e. The van der Waals surface area contributed by atoms with Crippen molar-refractivity contribution in [1.29, 1.82) is 5.26 Å². The van der Waals surface area contributed by atoms with Gasteiger partial charge in [0.25, 0.3) is 0 Å². The molecule has 0 saturated carbocycles. The van der Waals surface area contributed by atoms with Crippen molar-refractivity contribution in [2.24, 2.45) is 0 Å². The summed E-state index contributed by atoms with van der Waals surface area (Å²) in [5, 5.41) is 9.55. The lowest BCUT2D eigenvalue weighted by atomic mass is 10.2. The van der Waals surface area contributed by atoms with E-state index in [0.717, 1.165) is 4.90 Å². The van der Waals surface area contributed by atoms with Crippen LogP contribution in [-0.2, 0) is 4.79 Å². The van der Waals surface area contributed by atoms with Crippen LogP contribution in [0.3, 0.4) is 0 Å². The molecular formula is C13H13ClN2OS. The molecule has 18 heavy (non-hydrogen) atoms. The fourth-order valence-electron chi connectivity index (χ4n) is 1.18. The van der Waals surface area contributed by atoms with Crippen LogP contribution in [0.25, 0.3) is 0 Å². The third-order valence-electron chi connectivity index (χ3n) is 1.99. The molecule has 0 aliphatic carbocycles.